The predicted octanol–water partition coefficient (Wildman–Crippen LogP) is 13.9. The van der Waals surface area contributed by atoms with Gasteiger partial charge in [-0.1, -0.05) is 128 Å². The second-order valence-corrected chi connectivity index (χ2v) is 18.3. The summed E-state index contributed by atoms with van der Waals surface area (Å²) in [7, 11) is 0. The molecule has 0 fully saturated rings. The number of anilines is 6. The fourth-order valence-electron chi connectivity index (χ4n) is 8.66. The molecule has 0 aliphatic carbocycles. The molecule has 2 aliphatic heterocycles. The molecule has 0 unspecified atom stereocenters. The molecule has 2 aliphatic rings. The van der Waals surface area contributed by atoms with Crippen LogP contribution in [-0.4, -0.2) is 23.6 Å². The first-order chi connectivity index (χ1) is 28.6. The molecule has 8 nitrogen and oxygen atoms in total. The second-order valence-electron chi connectivity index (χ2n) is 16.7. The zero-order valence-electron chi connectivity index (χ0n) is 34.8. The summed E-state index contributed by atoms with van der Waals surface area (Å²) in [4.78, 5) is 65.1. The van der Waals surface area contributed by atoms with Crippen molar-refractivity contribution in [3.8, 4) is 0 Å². The molecular formula is C50H46Br2N4O4. The number of amides is 4. The molecule has 6 aromatic carbocycles. The molecule has 2 N–H and O–H groups in total. The Bertz CT molecular complexity index is 2610. The van der Waals surface area contributed by atoms with Crippen molar-refractivity contribution in [3.05, 3.63) is 151 Å². The zero-order valence-corrected chi connectivity index (χ0v) is 38.0. The number of benzene rings is 6. The highest BCUT2D eigenvalue weighted by atomic mass is 79.9. The highest BCUT2D eigenvalue weighted by Crippen LogP contribution is 2.54. The number of halogens is 2. The number of imide groups is 2. The first-order valence-corrected chi connectivity index (χ1v) is 22.0. The molecule has 6 aromatic rings. The van der Waals surface area contributed by atoms with Crippen LogP contribution in [-0.2, 0) is 0 Å². The molecule has 0 saturated heterocycles. The van der Waals surface area contributed by atoms with Crippen molar-refractivity contribution < 1.29 is 19.2 Å². The second kappa shape index (κ2) is 15.8. The van der Waals surface area contributed by atoms with Gasteiger partial charge in [-0.15, -0.1) is 0 Å². The maximum absolute atomic E-state index is 15.7. The number of hydrogen-bond acceptors (Lipinski definition) is 6. The van der Waals surface area contributed by atoms with Crippen LogP contribution in [0.1, 0.15) is 143 Å². The van der Waals surface area contributed by atoms with Crippen LogP contribution in [0.3, 0.4) is 0 Å². The summed E-state index contributed by atoms with van der Waals surface area (Å²) in [6, 6.07) is 30.6. The molecule has 0 saturated carbocycles. The fourth-order valence-corrected chi connectivity index (χ4v) is 9.99. The number of nitrogens with one attached hydrogen (secondary N) is 2. The Hall–Kier alpha value is -5.58. The highest BCUT2D eigenvalue weighted by Gasteiger charge is 2.48. The van der Waals surface area contributed by atoms with Crippen LogP contribution in [0, 0.1) is 0 Å². The van der Waals surface area contributed by atoms with E-state index in [4.69, 9.17) is 0 Å². The van der Waals surface area contributed by atoms with Gasteiger partial charge in [0.25, 0.3) is 23.6 Å². The molecule has 4 amide bonds. The third kappa shape index (κ3) is 6.46. The lowest BCUT2D eigenvalue weighted by molar-refractivity contribution is 0.0872. The van der Waals surface area contributed by atoms with Crippen molar-refractivity contribution in [2.45, 2.75) is 79.1 Å². The summed E-state index contributed by atoms with van der Waals surface area (Å²) in [5.41, 5.74) is 7.05. The Kier molecular flexibility index (Phi) is 10.8. The topological polar surface area (TPSA) is 98.8 Å². The molecule has 8 rings (SSSR count). The van der Waals surface area contributed by atoms with Gasteiger partial charge in [-0.2, -0.15) is 0 Å². The van der Waals surface area contributed by atoms with Gasteiger partial charge in [0.1, 0.15) is 0 Å². The number of rotatable bonds is 10. The minimum absolute atomic E-state index is 0.0285. The molecule has 0 aromatic heterocycles. The first kappa shape index (κ1) is 41.2. The lowest BCUT2D eigenvalue weighted by Crippen LogP contribution is -2.45. The van der Waals surface area contributed by atoms with Crippen LogP contribution in [0.25, 0.3) is 10.8 Å². The number of nitrogens with zero attached hydrogens (tertiary/aromatic N) is 2. The number of carbonyl (C=O) groups is 4. The highest BCUT2D eigenvalue weighted by molar-refractivity contribution is 9.11. The predicted molar refractivity (Wildman–Crippen MR) is 250 cm³/mol. The standard InChI is InChI=1S/C50H46Br2N4O4/c1-25(2)31-21-15-22-32(26(3)4)45(31)55-47(57)37-35-36-39(43(41(37)51)53-29-17-11-9-12-18-29)49(59)56(46-33(27(5)6)23-16-24-34(46)28(7)8)50(60)40(36)44(42(52)38(35)48(55)58)54-30-19-13-10-14-20-30/h9-28,53-54H,1-8H3. The Morgan fingerprint density at radius 1 is 0.400 bits per heavy atom. The Balaban J connectivity index is 1.55. The average molecular weight is 927 g/mol. The van der Waals surface area contributed by atoms with E-state index in [0.29, 0.717) is 43.1 Å². The van der Waals surface area contributed by atoms with E-state index in [9.17, 15) is 0 Å². The van der Waals surface area contributed by atoms with E-state index in [1.807, 2.05) is 152 Å². The quantitative estimate of drug-likeness (QED) is 0.133. The largest absolute Gasteiger partial charge is 0.354 e. The normalized spacial score (nSPS) is 13.8. The van der Waals surface area contributed by atoms with Crippen molar-refractivity contribution >= 4 is 100 Å². The van der Waals surface area contributed by atoms with Crippen LogP contribution in [0.4, 0.5) is 34.1 Å². The van der Waals surface area contributed by atoms with Gasteiger partial charge in [0.2, 0.25) is 0 Å². The lowest BCUT2D eigenvalue weighted by Gasteiger charge is -2.38. The van der Waals surface area contributed by atoms with Crippen LogP contribution in [0.5, 0.6) is 0 Å². The van der Waals surface area contributed by atoms with Gasteiger partial charge in [0, 0.05) is 22.1 Å². The maximum Gasteiger partial charge on any atom is 0.268 e. The van der Waals surface area contributed by atoms with E-state index in [-0.39, 0.29) is 56.7 Å². The molecular weight excluding hydrogens is 880 g/mol. The van der Waals surface area contributed by atoms with Crippen LogP contribution < -0.4 is 20.4 Å². The molecule has 304 valence electrons. The third-order valence-electron chi connectivity index (χ3n) is 11.5. The number of hydrogen-bond donors (Lipinski definition) is 2. The summed E-state index contributed by atoms with van der Waals surface area (Å²) in [5, 5.41) is 7.44. The molecule has 2 heterocycles. The van der Waals surface area contributed by atoms with Gasteiger partial charge in [0.15, 0.2) is 0 Å². The van der Waals surface area contributed by atoms with E-state index in [1.54, 1.807) is 0 Å². The van der Waals surface area contributed by atoms with Crippen molar-refractivity contribution in [2.75, 3.05) is 20.4 Å². The first-order valence-electron chi connectivity index (χ1n) is 20.4. The molecule has 10 heteroatoms. The number of para-hydroxylation sites is 4. The van der Waals surface area contributed by atoms with Crippen LogP contribution >= 0.6 is 31.9 Å². The lowest BCUT2D eigenvalue weighted by atomic mass is 9.82. The van der Waals surface area contributed by atoms with Crippen molar-refractivity contribution in [1.29, 1.82) is 0 Å². The minimum Gasteiger partial charge on any atom is -0.354 e. The summed E-state index contributed by atoms with van der Waals surface area (Å²) in [6.45, 7) is 16.4. The monoisotopic (exact) mass is 924 g/mol. The van der Waals surface area contributed by atoms with Crippen molar-refractivity contribution in [1.82, 2.24) is 0 Å². The zero-order chi connectivity index (χ0) is 42.9. The van der Waals surface area contributed by atoms with Gasteiger partial charge in [-0.3, -0.25) is 19.2 Å². The van der Waals surface area contributed by atoms with E-state index in [0.717, 1.165) is 22.3 Å². The van der Waals surface area contributed by atoms with Crippen molar-refractivity contribution in [3.63, 3.8) is 0 Å². The van der Waals surface area contributed by atoms with Crippen LogP contribution in [0.2, 0.25) is 0 Å². The molecule has 60 heavy (non-hydrogen) atoms. The molecule has 0 atom stereocenters. The Morgan fingerprint density at radius 2 is 0.683 bits per heavy atom. The fraction of sp³-hybridized carbons (Fsp3) is 0.240. The van der Waals surface area contributed by atoms with E-state index < -0.39 is 23.6 Å². The average Bonchev–Trinajstić information content (AvgIpc) is 3.21. The Labute approximate surface area is 367 Å². The Morgan fingerprint density at radius 3 is 0.983 bits per heavy atom. The molecule has 0 bridgehead atoms. The summed E-state index contributed by atoms with van der Waals surface area (Å²) in [5.74, 6) is -2.39. The third-order valence-corrected chi connectivity index (χ3v) is 13.1. The van der Waals surface area contributed by atoms with E-state index >= 15 is 19.2 Å². The van der Waals surface area contributed by atoms with Gasteiger partial charge in [-0.05, 0) is 102 Å². The minimum atomic E-state index is -0.568. The van der Waals surface area contributed by atoms with Crippen molar-refractivity contribution in [2.24, 2.45) is 0 Å². The van der Waals surface area contributed by atoms with Gasteiger partial charge >= 0.3 is 0 Å². The summed E-state index contributed by atoms with van der Waals surface area (Å²) < 4.78 is 0.604. The van der Waals surface area contributed by atoms with Crippen LogP contribution in [0.15, 0.2) is 106 Å². The van der Waals surface area contributed by atoms with E-state index in [1.165, 1.54) is 9.80 Å². The van der Waals surface area contributed by atoms with Gasteiger partial charge in [-0.25, -0.2) is 9.80 Å². The summed E-state index contributed by atoms with van der Waals surface area (Å²) >= 11 is 7.73. The smallest absolute Gasteiger partial charge is 0.268 e. The molecule has 0 radical (unpaired) electrons. The summed E-state index contributed by atoms with van der Waals surface area (Å²) in [6.07, 6.45) is 0. The van der Waals surface area contributed by atoms with E-state index in [2.05, 4.69) is 42.5 Å². The van der Waals surface area contributed by atoms with Gasteiger partial charge in [0.05, 0.1) is 53.9 Å². The maximum atomic E-state index is 15.7. The SMILES string of the molecule is CC(C)c1cccc(C(C)C)c1N1C(=O)c2c(Br)c(Nc3ccccc3)c3c4c(c(Nc5ccccc5)c(Br)c(c24)C1=O)C(=O)N(c1c(C(C)C)cccc1C(C)C)C3=O. The van der Waals surface area contributed by atoms with Gasteiger partial charge < -0.3 is 10.6 Å². The molecule has 0 spiro atoms. The number of carbonyl (C=O) groups excluding carboxylic acids is 4.